The SMILES string of the molecule is CC(C)c1ccc(-c2ccc(C#N)c(=O)n2CCO)cc1. The van der Waals surface area contributed by atoms with Crippen molar-refractivity contribution in [1.29, 1.82) is 5.26 Å². The molecule has 108 valence electrons. The van der Waals surface area contributed by atoms with Crippen molar-refractivity contribution in [3.63, 3.8) is 0 Å². The Morgan fingerprint density at radius 1 is 1.19 bits per heavy atom. The van der Waals surface area contributed by atoms with Crippen molar-refractivity contribution in [2.75, 3.05) is 6.61 Å². The summed E-state index contributed by atoms with van der Waals surface area (Å²) in [6, 6.07) is 13.2. The number of aliphatic hydroxyl groups excluding tert-OH is 1. The van der Waals surface area contributed by atoms with Crippen LogP contribution in [-0.2, 0) is 6.54 Å². The normalized spacial score (nSPS) is 10.6. The molecule has 0 saturated carbocycles. The minimum absolute atomic E-state index is 0.0889. The summed E-state index contributed by atoms with van der Waals surface area (Å²) in [6.07, 6.45) is 0. The minimum atomic E-state index is -0.364. The molecule has 0 aliphatic rings. The molecule has 4 nitrogen and oxygen atoms in total. The molecule has 0 aliphatic heterocycles. The average molecular weight is 282 g/mol. The van der Waals surface area contributed by atoms with Crippen molar-refractivity contribution < 1.29 is 5.11 Å². The van der Waals surface area contributed by atoms with E-state index in [9.17, 15) is 4.79 Å². The van der Waals surface area contributed by atoms with Crippen molar-refractivity contribution >= 4 is 0 Å². The van der Waals surface area contributed by atoms with Gasteiger partial charge in [0.25, 0.3) is 5.56 Å². The quantitative estimate of drug-likeness (QED) is 0.937. The maximum Gasteiger partial charge on any atom is 0.269 e. The van der Waals surface area contributed by atoms with Crippen LogP contribution in [0.5, 0.6) is 0 Å². The summed E-state index contributed by atoms with van der Waals surface area (Å²) >= 11 is 0. The Morgan fingerprint density at radius 2 is 1.86 bits per heavy atom. The molecule has 1 heterocycles. The summed E-state index contributed by atoms with van der Waals surface area (Å²) in [6.45, 7) is 4.28. The maximum absolute atomic E-state index is 12.2. The molecule has 2 rings (SSSR count). The summed E-state index contributed by atoms with van der Waals surface area (Å²) in [5, 5.41) is 18.1. The highest BCUT2D eigenvalue weighted by Gasteiger charge is 2.10. The van der Waals surface area contributed by atoms with Crippen LogP contribution in [0, 0.1) is 11.3 Å². The Bertz CT molecular complexity index is 722. The van der Waals surface area contributed by atoms with Crippen LogP contribution < -0.4 is 5.56 Å². The smallest absolute Gasteiger partial charge is 0.269 e. The van der Waals surface area contributed by atoms with Crippen molar-refractivity contribution in [1.82, 2.24) is 4.57 Å². The zero-order chi connectivity index (χ0) is 15.4. The Labute approximate surface area is 123 Å². The average Bonchev–Trinajstić information content (AvgIpc) is 2.49. The number of aliphatic hydroxyl groups is 1. The Hall–Kier alpha value is -2.38. The summed E-state index contributed by atoms with van der Waals surface area (Å²) < 4.78 is 1.45. The fourth-order valence-corrected chi connectivity index (χ4v) is 2.28. The first-order valence-corrected chi connectivity index (χ1v) is 6.93. The molecule has 1 N–H and O–H groups in total. The van der Waals surface area contributed by atoms with Gasteiger partial charge in [-0.3, -0.25) is 4.79 Å². The predicted octanol–water partition coefficient (Wildman–Crippen LogP) is 2.50. The zero-order valence-corrected chi connectivity index (χ0v) is 12.2. The van der Waals surface area contributed by atoms with Gasteiger partial charge in [0.15, 0.2) is 0 Å². The number of hydrogen-bond acceptors (Lipinski definition) is 3. The second-order valence-electron chi connectivity index (χ2n) is 5.20. The van der Waals surface area contributed by atoms with Gasteiger partial charge in [-0.15, -0.1) is 0 Å². The van der Waals surface area contributed by atoms with Gasteiger partial charge in [-0.25, -0.2) is 0 Å². The van der Waals surface area contributed by atoms with Gasteiger partial charge in [0.1, 0.15) is 11.6 Å². The van der Waals surface area contributed by atoms with E-state index in [2.05, 4.69) is 13.8 Å². The molecule has 0 saturated heterocycles. The summed E-state index contributed by atoms with van der Waals surface area (Å²) in [4.78, 5) is 12.2. The van der Waals surface area contributed by atoms with Crippen LogP contribution in [0.4, 0.5) is 0 Å². The maximum atomic E-state index is 12.2. The second kappa shape index (κ2) is 6.38. The molecule has 0 atom stereocenters. The lowest BCUT2D eigenvalue weighted by atomic mass is 10.0. The lowest BCUT2D eigenvalue weighted by molar-refractivity contribution is 0.275. The Balaban J connectivity index is 2.55. The molecule has 0 radical (unpaired) electrons. The Kier molecular flexibility index (Phi) is 4.56. The van der Waals surface area contributed by atoms with E-state index in [4.69, 9.17) is 10.4 Å². The van der Waals surface area contributed by atoms with Gasteiger partial charge >= 0.3 is 0 Å². The van der Waals surface area contributed by atoms with Crippen LogP contribution >= 0.6 is 0 Å². The summed E-state index contributed by atoms with van der Waals surface area (Å²) in [5.41, 5.74) is 2.56. The Morgan fingerprint density at radius 3 is 2.38 bits per heavy atom. The van der Waals surface area contributed by atoms with Crippen LogP contribution in [0.25, 0.3) is 11.3 Å². The van der Waals surface area contributed by atoms with Crippen molar-refractivity contribution in [2.24, 2.45) is 0 Å². The third-order valence-corrected chi connectivity index (χ3v) is 3.49. The van der Waals surface area contributed by atoms with E-state index in [-0.39, 0.29) is 24.3 Å². The van der Waals surface area contributed by atoms with Crippen molar-refractivity contribution in [3.05, 3.63) is 57.9 Å². The van der Waals surface area contributed by atoms with Crippen molar-refractivity contribution in [3.8, 4) is 17.3 Å². The molecular weight excluding hydrogens is 264 g/mol. The molecule has 1 aromatic carbocycles. The standard InChI is InChI=1S/C17H18N2O2/c1-12(2)13-3-5-14(6-4-13)16-8-7-15(11-18)17(21)19(16)9-10-20/h3-8,12,20H,9-10H2,1-2H3. The fraction of sp³-hybridized carbons (Fsp3) is 0.294. The van der Waals surface area contributed by atoms with E-state index in [1.165, 1.54) is 16.2 Å². The molecule has 21 heavy (non-hydrogen) atoms. The van der Waals surface area contributed by atoms with E-state index in [0.717, 1.165) is 5.56 Å². The highest BCUT2D eigenvalue weighted by atomic mass is 16.3. The third kappa shape index (κ3) is 3.04. The van der Waals surface area contributed by atoms with Crippen LogP contribution in [0.1, 0.15) is 30.9 Å². The largest absolute Gasteiger partial charge is 0.395 e. The fourth-order valence-electron chi connectivity index (χ4n) is 2.28. The summed E-state index contributed by atoms with van der Waals surface area (Å²) in [7, 11) is 0. The van der Waals surface area contributed by atoms with Crippen LogP contribution in [0.3, 0.4) is 0 Å². The predicted molar refractivity (Wildman–Crippen MR) is 82.0 cm³/mol. The lowest BCUT2D eigenvalue weighted by Gasteiger charge is -2.13. The van der Waals surface area contributed by atoms with Gasteiger partial charge in [-0.05, 0) is 29.2 Å². The van der Waals surface area contributed by atoms with Crippen molar-refractivity contribution in [2.45, 2.75) is 26.3 Å². The number of nitriles is 1. The molecule has 0 unspecified atom stereocenters. The topological polar surface area (TPSA) is 66.0 Å². The first kappa shape index (κ1) is 15.0. The lowest BCUT2D eigenvalue weighted by Crippen LogP contribution is -2.25. The number of aromatic nitrogens is 1. The molecule has 1 aromatic heterocycles. The minimum Gasteiger partial charge on any atom is -0.395 e. The summed E-state index contributed by atoms with van der Waals surface area (Å²) in [5.74, 6) is 0.444. The first-order chi connectivity index (χ1) is 10.1. The number of benzene rings is 1. The molecule has 0 bridgehead atoms. The second-order valence-corrected chi connectivity index (χ2v) is 5.20. The van der Waals surface area contributed by atoms with E-state index in [0.29, 0.717) is 11.6 Å². The van der Waals surface area contributed by atoms with E-state index in [1.54, 1.807) is 6.07 Å². The van der Waals surface area contributed by atoms with Gasteiger partial charge in [0.05, 0.1) is 12.3 Å². The molecule has 0 aliphatic carbocycles. The molecule has 4 heteroatoms. The molecular formula is C17H18N2O2. The first-order valence-electron chi connectivity index (χ1n) is 6.93. The van der Waals surface area contributed by atoms with E-state index in [1.807, 2.05) is 30.3 Å². The van der Waals surface area contributed by atoms with E-state index >= 15 is 0 Å². The monoisotopic (exact) mass is 282 g/mol. The van der Waals surface area contributed by atoms with Gasteiger partial charge in [-0.1, -0.05) is 38.1 Å². The van der Waals surface area contributed by atoms with Gasteiger partial charge in [0, 0.05) is 6.54 Å². The highest BCUT2D eigenvalue weighted by molar-refractivity contribution is 5.61. The van der Waals surface area contributed by atoms with Gasteiger partial charge < -0.3 is 9.67 Å². The number of nitrogens with zero attached hydrogens (tertiary/aromatic N) is 2. The number of hydrogen-bond donors (Lipinski definition) is 1. The highest BCUT2D eigenvalue weighted by Crippen LogP contribution is 2.22. The third-order valence-electron chi connectivity index (χ3n) is 3.49. The number of rotatable bonds is 4. The van der Waals surface area contributed by atoms with Gasteiger partial charge in [-0.2, -0.15) is 5.26 Å². The van der Waals surface area contributed by atoms with Crippen LogP contribution in [-0.4, -0.2) is 16.3 Å². The molecule has 0 fully saturated rings. The van der Waals surface area contributed by atoms with E-state index < -0.39 is 0 Å². The van der Waals surface area contributed by atoms with Gasteiger partial charge in [0.2, 0.25) is 0 Å². The molecule has 0 amide bonds. The molecule has 0 spiro atoms. The van der Waals surface area contributed by atoms with Crippen LogP contribution in [0.2, 0.25) is 0 Å². The zero-order valence-electron chi connectivity index (χ0n) is 12.2. The van der Waals surface area contributed by atoms with Crippen LogP contribution in [0.15, 0.2) is 41.2 Å². The molecule has 2 aromatic rings. The number of pyridine rings is 1.